The fourth-order valence-corrected chi connectivity index (χ4v) is 4.92. The van der Waals surface area contributed by atoms with E-state index in [9.17, 15) is 29.1 Å². The fraction of sp³-hybridized carbons (Fsp3) is 0.379. The van der Waals surface area contributed by atoms with Gasteiger partial charge in [0.1, 0.15) is 18.1 Å². The number of nitrogens with zero attached hydrogens (tertiary/aromatic N) is 4. The Hall–Kier alpha value is -5.14. The maximum atomic E-state index is 14.0. The molecule has 0 saturated carbocycles. The van der Waals surface area contributed by atoms with Crippen LogP contribution in [-0.2, 0) is 43.4 Å². The van der Waals surface area contributed by atoms with E-state index in [1.807, 2.05) is 13.0 Å². The SMILES string of the molecule is CC[C@H](C)[C@H](NC(=O)Cc1ccccc1)C(=O)NC(CC(=O)O)C(=O)N1c2ccccc2C[C@H]1C(=O)NCc1nn[nH]n1. The van der Waals surface area contributed by atoms with E-state index in [1.54, 1.807) is 55.5 Å². The van der Waals surface area contributed by atoms with Gasteiger partial charge in [-0.1, -0.05) is 74.0 Å². The maximum Gasteiger partial charge on any atom is 0.305 e. The summed E-state index contributed by atoms with van der Waals surface area (Å²) in [4.78, 5) is 66.7. The number of fused-ring (bicyclic) bond motifs is 1. The lowest BCUT2D eigenvalue weighted by molar-refractivity contribution is -0.140. The Kier molecular flexibility index (Phi) is 10.1. The summed E-state index contributed by atoms with van der Waals surface area (Å²) >= 11 is 0. The van der Waals surface area contributed by atoms with Crippen molar-refractivity contribution in [2.45, 2.75) is 64.2 Å². The molecule has 14 nitrogen and oxygen atoms in total. The number of amides is 4. The molecule has 1 aliphatic rings. The van der Waals surface area contributed by atoms with Crippen LogP contribution >= 0.6 is 0 Å². The van der Waals surface area contributed by atoms with Crippen LogP contribution in [0, 0.1) is 5.92 Å². The normalized spacial score (nSPS) is 16.0. The second kappa shape index (κ2) is 14.2. The minimum atomic E-state index is -1.51. The summed E-state index contributed by atoms with van der Waals surface area (Å²) < 4.78 is 0. The maximum absolute atomic E-state index is 14.0. The van der Waals surface area contributed by atoms with Gasteiger partial charge in [0.15, 0.2) is 5.82 Å². The van der Waals surface area contributed by atoms with Gasteiger partial charge in [-0.25, -0.2) is 0 Å². The van der Waals surface area contributed by atoms with Gasteiger partial charge in [0.05, 0.1) is 19.4 Å². The van der Waals surface area contributed by atoms with Crippen LogP contribution in [0.15, 0.2) is 54.6 Å². The van der Waals surface area contributed by atoms with Gasteiger partial charge < -0.3 is 21.1 Å². The Balaban J connectivity index is 1.54. The molecular formula is C29H34N8O6. The Morgan fingerprint density at radius 1 is 1.05 bits per heavy atom. The molecule has 0 spiro atoms. The van der Waals surface area contributed by atoms with Crippen molar-refractivity contribution in [3.05, 3.63) is 71.5 Å². The fourth-order valence-electron chi connectivity index (χ4n) is 4.92. The zero-order valence-corrected chi connectivity index (χ0v) is 23.8. The lowest BCUT2D eigenvalue weighted by Crippen LogP contribution is -2.59. The van der Waals surface area contributed by atoms with Gasteiger partial charge in [-0.3, -0.25) is 28.9 Å². The standard InChI is InChI=1S/C29H34N8O6/c1-3-17(2)26(32-24(38)13-18-9-5-4-6-10-18)28(42)31-20(15-25(39)40)29(43)37-21-12-8-7-11-19(21)14-22(37)27(41)30-16-23-33-35-36-34-23/h4-12,17,20,22,26H,3,13-16H2,1-2H3,(H,30,41)(H,31,42)(H,32,38)(H,39,40)(H,33,34,35,36)/t17-,20?,22-,26-/m0/s1. The van der Waals surface area contributed by atoms with Gasteiger partial charge in [-0.05, 0) is 23.1 Å². The number of aromatic amines is 1. The lowest BCUT2D eigenvalue weighted by atomic mass is 9.97. The number of para-hydroxylation sites is 1. The number of anilines is 1. The van der Waals surface area contributed by atoms with E-state index in [-0.39, 0.29) is 37.0 Å². The number of aliphatic carboxylic acids is 1. The van der Waals surface area contributed by atoms with Crippen molar-refractivity contribution in [3.8, 4) is 0 Å². The number of hydrogen-bond acceptors (Lipinski definition) is 8. The van der Waals surface area contributed by atoms with Crippen LogP contribution in [0.25, 0.3) is 0 Å². The highest BCUT2D eigenvalue weighted by molar-refractivity contribution is 6.08. The largest absolute Gasteiger partial charge is 0.481 e. The molecule has 1 aliphatic heterocycles. The summed E-state index contributed by atoms with van der Waals surface area (Å²) in [7, 11) is 0. The Morgan fingerprint density at radius 2 is 1.77 bits per heavy atom. The number of carboxylic acids is 1. The van der Waals surface area contributed by atoms with Crippen molar-refractivity contribution in [3.63, 3.8) is 0 Å². The molecule has 2 aromatic carbocycles. The van der Waals surface area contributed by atoms with E-state index in [4.69, 9.17) is 0 Å². The van der Waals surface area contributed by atoms with E-state index in [1.165, 1.54) is 4.90 Å². The first-order chi connectivity index (χ1) is 20.7. The molecule has 4 amide bonds. The third-order valence-electron chi connectivity index (χ3n) is 7.34. The van der Waals surface area contributed by atoms with Crippen LogP contribution in [0.5, 0.6) is 0 Å². The van der Waals surface area contributed by atoms with E-state index in [0.717, 1.165) is 5.56 Å². The Labute approximate surface area is 247 Å². The molecule has 1 unspecified atom stereocenters. The molecule has 0 radical (unpaired) electrons. The lowest BCUT2D eigenvalue weighted by Gasteiger charge is -2.30. The number of carbonyl (C=O) groups is 5. The first-order valence-electron chi connectivity index (χ1n) is 13.9. The second-order valence-electron chi connectivity index (χ2n) is 10.4. The van der Waals surface area contributed by atoms with Crippen molar-refractivity contribution >= 4 is 35.3 Å². The highest BCUT2D eigenvalue weighted by atomic mass is 16.4. The number of tetrazole rings is 1. The van der Waals surface area contributed by atoms with E-state index in [0.29, 0.717) is 17.7 Å². The van der Waals surface area contributed by atoms with Crippen molar-refractivity contribution in [1.29, 1.82) is 0 Å². The van der Waals surface area contributed by atoms with Gasteiger partial charge in [-0.15, -0.1) is 10.2 Å². The quantitative estimate of drug-likeness (QED) is 0.188. The van der Waals surface area contributed by atoms with Gasteiger partial charge in [0.2, 0.25) is 17.7 Å². The molecule has 0 fully saturated rings. The molecule has 5 N–H and O–H groups in total. The number of carbonyl (C=O) groups excluding carboxylic acids is 4. The van der Waals surface area contributed by atoms with Crippen LogP contribution in [-0.4, -0.2) is 73.5 Å². The first kappa shape index (κ1) is 30.8. The molecule has 1 aromatic heterocycles. The van der Waals surface area contributed by atoms with E-state index in [2.05, 4.69) is 36.6 Å². The van der Waals surface area contributed by atoms with Crippen LogP contribution in [0.1, 0.15) is 43.6 Å². The first-order valence-corrected chi connectivity index (χ1v) is 13.9. The van der Waals surface area contributed by atoms with Crippen molar-refractivity contribution in [2.75, 3.05) is 4.90 Å². The van der Waals surface area contributed by atoms with Gasteiger partial charge in [0, 0.05) is 12.1 Å². The number of hydrogen-bond donors (Lipinski definition) is 5. The monoisotopic (exact) mass is 590 g/mol. The van der Waals surface area contributed by atoms with Crippen LogP contribution in [0.2, 0.25) is 0 Å². The van der Waals surface area contributed by atoms with Crippen LogP contribution in [0.4, 0.5) is 5.69 Å². The molecule has 226 valence electrons. The molecule has 4 atom stereocenters. The smallest absolute Gasteiger partial charge is 0.305 e. The second-order valence-corrected chi connectivity index (χ2v) is 10.4. The topological polar surface area (TPSA) is 199 Å². The summed E-state index contributed by atoms with van der Waals surface area (Å²) in [5, 5.41) is 31.0. The van der Waals surface area contributed by atoms with Gasteiger partial charge in [0.25, 0.3) is 5.91 Å². The molecule has 2 heterocycles. The number of carboxylic acid groups (broad SMARTS) is 1. The predicted octanol–water partition coefficient (Wildman–Crippen LogP) is 0.507. The predicted molar refractivity (Wildman–Crippen MR) is 153 cm³/mol. The number of H-pyrrole nitrogens is 1. The zero-order valence-electron chi connectivity index (χ0n) is 23.8. The van der Waals surface area contributed by atoms with Gasteiger partial charge in [-0.2, -0.15) is 5.21 Å². The Bertz CT molecular complexity index is 1450. The van der Waals surface area contributed by atoms with Crippen LogP contribution in [0.3, 0.4) is 0 Å². The molecule has 4 rings (SSSR count). The molecule has 14 heteroatoms. The third-order valence-corrected chi connectivity index (χ3v) is 7.34. The molecule has 43 heavy (non-hydrogen) atoms. The Morgan fingerprint density at radius 3 is 2.44 bits per heavy atom. The zero-order chi connectivity index (χ0) is 30.9. The minimum absolute atomic E-state index is 0.0429. The number of rotatable bonds is 13. The van der Waals surface area contributed by atoms with Crippen molar-refractivity contribution < 1.29 is 29.1 Å². The summed E-state index contributed by atoms with van der Waals surface area (Å²) in [5.41, 5.74) is 1.91. The third kappa shape index (κ3) is 7.78. The number of benzene rings is 2. The van der Waals surface area contributed by atoms with Crippen molar-refractivity contribution in [1.82, 2.24) is 36.6 Å². The molecular weight excluding hydrogens is 556 g/mol. The average molecular weight is 591 g/mol. The highest BCUT2D eigenvalue weighted by Crippen LogP contribution is 2.33. The van der Waals surface area contributed by atoms with E-state index >= 15 is 0 Å². The molecule has 0 aliphatic carbocycles. The highest BCUT2D eigenvalue weighted by Gasteiger charge is 2.42. The minimum Gasteiger partial charge on any atom is -0.481 e. The summed E-state index contributed by atoms with van der Waals surface area (Å²) in [5.74, 6) is -3.77. The van der Waals surface area contributed by atoms with Crippen molar-refractivity contribution in [2.24, 2.45) is 5.92 Å². The summed E-state index contributed by atoms with van der Waals surface area (Å²) in [6.45, 7) is 3.59. The number of nitrogens with one attached hydrogen (secondary N) is 4. The van der Waals surface area contributed by atoms with Crippen LogP contribution < -0.4 is 20.9 Å². The molecule has 0 bridgehead atoms. The van der Waals surface area contributed by atoms with E-state index < -0.39 is 48.2 Å². The summed E-state index contributed by atoms with van der Waals surface area (Å²) in [6, 6.07) is 12.4. The van der Waals surface area contributed by atoms with Gasteiger partial charge >= 0.3 is 5.97 Å². The molecule has 0 saturated heterocycles. The average Bonchev–Trinajstić information content (AvgIpc) is 3.66. The summed E-state index contributed by atoms with van der Waals surface area (Å²) in [6.07, 6.45) is 0.0253. The molecule has 3 aromatic rings. The number of aromatic nitrogens is 4.